The smallest absolute Gasteiger partial charge is 0.119 e. The fraction of sp³-hybridized carbons (Fsp3) is 0.500. The van der Waals surface area contributed by atoms with Gasteiger partial charge in [-0.1, -0.05) is 11.6 Å². The van der Waals surface area contributed by atoms with Gasteiger partial charge in [0, 0.05) is 11.6 Å². The molecule has 0 aliphatic carbocycles. The predicted molar refractivity (Wildman–Crippen MR) is 66.2 cm³/mol. The van der Waals surface area contributed by atoms with Crippen LogP contribution in [0, 0.1) is 6.92 Å². The number of halogens is 1. The van der Waals surface area contributed by atoms with Gasteiger partial charge in [-0.25, -0.2) is 0 Å². The fourth-order valence-corrected chi connectivity index (χ4v) is 1.30. The van der Waals surface area contributed by atoms with E-state index >= 15 is 0 Å². The molecular weight excluding hydrogens is 226 g/mol. The van der Waals surface area contributed by atoms with Crippen LogP contribution in [0.3, 0.4) is 0 Å². The number of ether oxygens (including phenoxy) is 2. The van der Waals surface area contributed by atoms with Crippen molar-refractivity contribution in [1.82, 2.24) is 0 Å². The zero-order valence-corrected chi connectivity index (χ0v) is 10.5. The van der Waals surface area contributed by atoms with Gasteiger partial charge in [0.15, 0.2) is 0 Å². The van der Waals surface area contributed by atoms with E-state index in [0.29, 0.717) is 19.8 Å². The molecule has 1 unspecified atom stereocenters. The summed E-state index contributed by atoms with van der Waals surface area (Å²) in [6, 6.07) is 5.59. The van der Waals surface area contributed by atoms with E-state index in [-0.39, 0.29) is 6.10 Å². The van der Waals surface area contributed by atoms with Gasteiger partial charge in [-0.2, -0.15) is 0 Å². The molecule has 90 valence electrons. The van der Waals surface area contributed by atoms with Crippen molar-refractivity contribution in [1.29, 1.82) is 0 Å². The Bertz CT molecular complexity index is 331. The minimum Gasteiger partial charge on any atom is -0.491 e. The molecule has 1 aromatic carbocycles. The third-order valence-corrected chi connectivity index (χ3v) is 2.64. The van der Waals surface area contributed by atoms with E-state index in [2.05, 4.69) is 0 Å². The molecule has 2 N–H and O–H groups in total. The van der Waals surface area contributed by atoms with Gasteiger partial charge in [-0.3, -0.25) is 0 Å². The third kappa shape index (κ3) is 4.39. The monoisotopic (exact) mass is 243 g/mol. The highest BCUT2D eigenvalue weighted by Crippen LogP contribution is 2.20. The lowest BCUT2D eigenvalue weighted by Gasteiger charge is -2.11. The van der Waals surface area contributed by atoms with E-state index in [1.807, 2.05) is 32.0 Å². The van der Waals surface area contributed by atoms with Crippen molar-refractivity contribution in [2.75, 3.05) is 19.8 Å². The quantitative estimate of drug-likeness (QED) is 0.781. The molecule has 1 aromatic rings. The van der Waals surface area contributed by atoms with Crippen molar-refractivity contribution >= 4 is 11.6 Å². The number of rotatable bonds is 6. The zero-order valence-electron chi connectivity index (χ0n) is 9.70. The first kappa shape index (κ1) is 13.3. The number of benzene rings is 1. The first-order valence-corrected chi connectivity index (χ1v) is 5.72. The molecule has 0 fully saturated rings. The minimum atomic E-state index is 0.0792. The van der Waals surface area contributed by atoms with Gasteiger partial charge >= 0.3 is 0 Å². The number of hydrogen-bond acceptors (Lipinski definition) is 3. The number of nitrogens with two attached hydrogens (primary N) is 1. The Morgan fingerprint density at radius 2 is 2.12 bits per heavy atom. The summed E-state index contributed by atoms with van der Waals surface area (Å²) in [7, 11) is 0. The zero-order chi connectivity index (χ0) is 12.0. The van der Waals surface area contributed by atoms with Gasteiger partial charge in [0.1, 0.15) is 12.4 Å². The largest absolute Gasteiger partial charge is 0.491 e. The SMILES string of the molecule is Cc1cc(OCCOC(C)CN)ccc1Cl. The molecule has 3 nitrogen and oxygen atoms in total. The van der Waals surface area contributed by atoms with E-state index in [0.717, 1.165) is 16.3 Å². The van der Waals surface area contributed by atoms with Gasteiger partial charge < -0.3 is 15.2 Å². The molecule has 0 aliphatic rings. The molecule has 0 aliphatic heterocycles. The normalized spacial score (nSPS) is 12.5. The molecule has 0 saturated heterocycles. The van der Waals surface area contributed by atoms with Crippen molar-refractivity contribution in [3.05, 3.63) is 28.8 Å². The van der Waals surface area contributed by atoms with Crippen LogP contribution in [0.4, 0.5) is 0 Å². The maximum Gasteiger partial charge on any atom is 0.119 e. The summed E-state index contributed by atoms with van der Waals surface area (Å²) in [6.45, 7) is 5.47. The molecule has 0 radical (unpaired) electrons. The molecule has 0 heterocycles. The van der Waals surface area contributed by atoms with Crippen LogP contribution in [-0.4, -0.2) is 25.9 Å². The average molecular weight is 244 g/mol. The first-order valence-electron chi connectivity index (χ1n) is 5.34. The van der Waals surface area contributed by atoms with Crippen molar-refractivity contribution in [2.45, 2.75) is 20.0 Å². The Balaban J connectivity index is 2.29. The summed E-state index contributed by atoms with van der Waals surface area (Å²) in [4.78, 5) is 0. The second-order valence-corrected chi connectivity index (χ2v) is 4.08. The van der Waals surface area contributed by atoms with E-state index in [1.54, 1.807) is 0 Å². The maximum atomic E-state index is 5.91. The van der Waals surface area contributed by atoms with Gasteiger partial charge in [-0.05, 0) is 37.6 Å². The molecule has 0 amide bonds. The summed E-state index contributed by atoms with van der Waals surface area (Å²) in [5, 5.41) is 0.750. The first-order chi connectivity index (χ1) is 7.63. The molecule has 16 heavy (non-hydrogen) atoms. The van der Waals surface area contributed by atoms with Crippen molar-refractivity contribution in [3.8, 4) is 5.75 Å². The average Bonchev–Trinajstić information content (AvgIpc) is 2.28. The Morgan fingerprint density at radius 3 is 2.75 bits per heavy atom. The fourth-order valence-electron chi connectivity index (χ4n) is 1.18. The number of hydrogen-bond donors (Lipinski definition) is 1. The Hall–Kier alpha value is -0.770. The molecule has 1 atom stereocenters. The molecule has 0 saturated carbocycles. The summed E-state index contributed by atoms with van der Waals surface area (Å²) >= 11 is 5.91. The van der Waals surface area contributed by atoms with E-state index < -0.39 is 0 Å². The van der Waals surface area contributed by atoms with E-state index in [1.165, 1.54) is 0 Å². The summed E-state index contributed by atoms with van der Waals surface area (Å²) in [6.07, 6.45) is 0.0792. The lowest BCUT2D eigenvalue weighted by Crippen LogP contribution is -2.22. The van der Waals surface area contributed by atoms with Crippen LogP contribution in [0.15, 0.2) is 18.2 Å². The molecule has 0 spiro atoms. The van der Waals surface area contributed by atoms with E-state index in [4.69, 9.17) is 26.8 Å². The van der Waals surface area contributed by atoms with Crippen molar-refractivity contribution in [3.63, 3.8) is 0 Å². The molecule has 0 aromatic heterocycles. The van der Waals surface area contributed by atoms with Crippen LogP contribution in [-0.2, 0) is 4.74 Å². The Kier molecular flexibility index (Phi) is 5.60. The second-order valence-electron chi connectivity index (χ2n) is 3.68. The van der Waals surface area contributed by atoms with Crippen molar-refractivity contribution in [2.24, 2.45) is 5.73 Å². The highest BCUT2D eigenvalue weighted by molar-refractivity contribution is 6.31. The standard InChI is InChI=1S/C12H18ClNO2/c1-9-7-11(3-4-12(9)13)16-6-5-15-10(2)8-14/h3-4,7,10H,5-6,8,14H2,1-2H3. The summed E-state index contributed by atoms with van der Waals surface area (Å²) in [5.41, 5.74) is 6.43. The predicted octanol–water partition coefficient (Wildman–Crippen LogP) is 2.39. The minimum absolute atomic E-state index is 0.0792. The molecule has 0 bridgehead atoms. The van der Waals surface area contributed by atoms with Crippen LogP contribution in [0.25, 0.3) is 0 Å². The van der Waals surface area contributed by atoms with Crippen LogP contribution in [0.2, 0.25) is 5.02 Å². The van der Waals surface area contributed by atoms with Crippen LogP contribution >= 0.6 is 11.6 Å². The van der Waals surface area contributed by atoms with E-state index in [9.17, 15) is 0 Å². The topological polar surface area (TPSA) is 44.5 Å². The van der Waals surface area contributed by atoms with Gasteiger partial charge in [0.25, 0.3) is 0 Å². The Morgan fingerprint density at radius 1 is 1.38 bits per heavy atom. The van der Waals surface area contributed by atoms with Crippen LogP contribution in [0.5, 0.6) is 5.75 Å². The Labute approximate surface area is 101 Å². The number of aryl methyl sites for hydroxylation is 1. The van der Waals surface area contributed by atoms with Crippen LogP contribution < -0.4 is 10.5 Å². The third-order valence-electron chi connectivity index (χ3n) is 2.22. The second kappa shape index (κ2) is 6.74. The van der Waals surface area contributed by atoms with Gasteiger partial charge in [0.2, 0.25) is 0 Å². The lowest BCUT2D eigenvalue weighted by atomic mass is 10.2. The highest BCUT2D eigenvalue weighted by Gasteiger charge is 2.00. The molecule has 1 rings (SSSR count). The summed E-state index contributed by atoms with van der Waals surface area (Å²) < 4.78 is 10.9. The highest BCUT2D eigenvalue weighted by atomic mass is 35.5. The van der Waals surface area contributed by atoms with Crippen LogP contribution in [0.1, 0.15) is 12.5 Å². The van der Waals surface area contributed by atoms with Gasteiger partial charge in [0.05, 0.1) is 12.7 Å². The van der Waals surface area contributed by atoms with Crippen molar-refractivity contribution < 1.29 is 9.47 Å². The lowest BCUT2D eigenvalue weighted by molar-refractivity contribution is 0.0496. The molecule has 4 heteroatoms. The maximum absolute atomic E-state index is 5.91. The summed E-state index contributed by atoms with van der Waals surface area (Å²) in [5.74, 6) is 0.811. The van der Waals surface area contributed by atoms with Gasteiger partial charge in [-0.15, -0.1) is 0 Å². The molecular formula is C12H18ClNO2.